The molecule has 1 aliphatic rings. The highest BCUT2D eigenvalue weighted by Gasteiger charge is 2.27. The van der Waals surface area contributed by atoms with Gasteiger partial charge in [0.25, 0.3) is 0 Å². The molecule has 2 aromatic rings. The first-order valence-corrected chi connectivity index (χ1v) is 8.18. The molecule has 0 amide bonds. The Morgan fingerprint density at radius 2 is 1.67 bits per heavy atom. The predicted octanol–water partition coefficient (Wildman–Crippen LogP) is 4.28. The van der Waals surface area contributed by atoms with Crippen LogP contribution in [0.15, 0.2) is 48.5 Å². The van der Waals surface area contributed by atoms with Crippen molar-refractivity contribution in [2.75, 3.05) is 6.54 Å². The van der Waals surface area contributed by atoms with Gasteiger partial charge in [0.05, 0.1) is 0 Å². The molecule has 0 spiro atoms. The highest BCUT2D eigenvalue weighted by molar-refractivity contribution is 6.30. The van der Waals surface area contributed by atoms with Gasteiger partial charge in [0.15, 0.2) is 0 Å². The van der Waals surface area contributed by atoms with Crippen molar-refractivity contribution >= 4 is 11.6 Å². The number of benzene rings is 2. The van der Waals surface area contributed by atoms with Gasteiger partial charge in [0.2, 0.25) is 0 Å². The summed E-state index contributed by atoms with van der Waals surface area (Å²) < 4.78 is 0. The van der Waals surface area contributed by atoms with Gasteiger partial charge < -0.3 is 5.32 Å². The van der Waals surface area contributed by atoms with E-state index in [0.717, 1.165) is 18.0 Å². The van der Waals surface area contributed by atoms with E-state index in [4.69, 9.17) is 11.6 Å². The van der Waals surface area contributed by atoms with Crippen LogP contribution in [-0.4, -0.2) is 12.6 Å². The molecule has 0 fully saturated rings. The van der Waals surface area contributed by atoms with Crippen molar-refractivity contribution in [3.8, 4) is 0 Å². The van der Waals surface area contributed by atoms with Crippen LogP contribution in [0.5, 0.6) is 0 Å². The fourth-order valence-corrected chi connectivity index (χ4v) is 3.55. The number of hydrogen-bond acceptors (Lipinski definition) is 1. The Balaban J connectivity index is 1.72. The Labute approximate surface area is 132 Å². The minimum Gasteiger partial charge on any atom is -0.314 e. The molecule has 0 aromatic heterocycles. The zero-order valence-corrected chi connectivity index (χ0v) is 13.2. The van der Waals surface area contributed by atoms with Gasteiger partial charge in [-0.25, -0.2) is 0 Å². The normalized spacial score (nSPS) is 15.9. The van der Waals surface area contributed by atoms with Gasteiger partial charge in [-0.15, -0.1) is 0 Å². The summed E-state index contributed by atoms with van der Waals surface area (Å²) >= 11 is 5.98. The third kappa shape index (κ3) is 3.48. The molecule has 1 aliphatic carbocycles. The maximum Gasteiger partial charge on any atom is 0.0406 e. The lowest BCUT2D eigenvalue weighted by molar-refractivity contribution is 0.368. The molecule has 2 aromatic carbocycles. The highest BCUT2D eigenvalue weighted by atomic mass is 35.5. The number of rotatable bonds is 5. The van der Waals surface area contributed by atoms with E-state index in [1.807, 2.05) is 12.1 Å². The van der Waals surface area contributed by atoms with Crippen LogP contribution in [0.4, 0.5) is 0 Å². The smallest absolute Gasteiger partial charge is 0.0406 e. The van der Waals surface area contributed by atoms with E-state index in [-0.39, 0.29) is 0 Å². The molecule has 3 rings (SSSR count). The van der Waals surface area contributed by atoms with Crippen molar-refractivity contribution in [3.63, 3.8) is 0 Å². The zero-order chi connectivity index (χ0) is 14.7. The largest absolute Gasteiger partial charge is 0.314 e. The van der Waals surface area contributed by atoms with Crippen LogP contribution in [0.25, 0.3) is 0 Å². The molecule has 0 saturated carbocycles. The maximum atomic E-state index is 5.98. The third-order valence-electron chi connectivity index (χ3n) is 4.49. The Bertz CT molecular complexity index is 566. The first-order chi connectivity index (χ1) is 10.3. The standard InChI is InChI=1S/C19H22ClN/c1-2-21-19(11-14-7-9-18(20)10-8-14)17-12-15-5-3-4-6-16(15)13-17/h3-10,17,19,21H,2,11-13H2,1H3. The minimum absolute atomic E-state index is 0.531. The molecule has 0 heterocycles. The Morgan fingerprint density at radius 1 is 1.05 bits per heavy atom. The van der Waals surface area contributed by atoms with E-state index in [1.165, 1.54) is 29.5 Å². The van der Waals surface area contributed by atoms with Gasteiger partial charge in [-0.05, 0) is 60.5 Å². The van der Waals surface area contributed by atoms with Crippen molar-refractivity contribution < 1.29 is 0 Å². The van der Waals surface area contributed by atoms with Gasteiger partial charge in [-0.1, -0.05) is 54.9 Å². The maximum absolute atomic E-state index is 5.98. The first kappa shape index (κ1) is 14.6. The summed E-state index contributed by atoms with van der Waals surface area (Å²) in [6.07, 6.45) is 3.46. The summed E-state index contributed by atoms with van der Waals surface area (Å²) in [4.78, 5) is 0. The number of fused-ring (bicyclic) bond motifs is 1. The molecule has 2 heteroatoms. The van der Waals surface area contributed by atoms with E-state index >= 15 is 0 Å². The van der Waals surface area contributed by atoms with E-state index in [0.29, 0.717) is 12.0 Å². The molecule has 1 nitrogen and oxygen atoms in total. The molecule has 1 N–H and O–H groups in total. The second kappa shape index (κ2) is 6.64. The topological polar surface area (TPSA) is 12.0 Å². The lowest BCUT2D eigenvalue weighted by atomic mass is 9.91. The van der Waals surface area contributed by atoms with Gasteiger partial charge in [-0.2, -0.15) is 0 Å². The van der Waals surface area contributed by atoms with Crippen molar-refractivity contribution in [3.05, 3.63) is 70.2 Å². The minimum atomic E-state index is 0.531. The molecule has 110 valence electrons. The van der Waals surface area contributed by atoms with Crippen molar-refractivity contribution in [2.24, 2.45) is 5.92 Å². The van der Waals surface area contributed by atoms with Crippen LogP contribution in [-0.2, 0) is 19.3 Å². The van der Waals surface area contributed by atoms with E-state index < -0.39 is 0 Å². The van der Waals surface area contributed by atoms with Crippen LogP contribution < -0.4 is 5.32 Å². The van der Waals surface area contributed by atoms with Gasteiger partial charge in [0.1, 0.15) is 0 Å². The molecule has 1 unspecified atom stereocenters. The van der Waals surface area contributed by atoms with Crippen molar-refractivity contribution in [2.45, 2.75) is 32.2 Å². The molecule has 0 bridgehead atoms. The molecule has 21 heavy (non-hydrogen) atoms. The first-order valence-electron chi connectivity index (χ1n) is 7.81. The van der Waals surface area contributed by atoms with Gasteiger partial charge in [-0.3, -0.25) is 0 Å². The Morgan fingerprint density at radius 3 is 2.24 bits per heavy atom. The van der Waals surface area contributed by atoms with E-state index in [2.05, 4.69) is 48.6 Å². The van der Waals surface area contributed by atoms with Gasteiger partial charge >= 0.3 is 0 Å². The van der Waals surface area contributed by atoms with Crippen molar-refractivity contribution in [1.82, 2.24) is 5.32 Å². The average molecular weight is 300 g/mol. The average Bonchev–Trinajstić information content (AvgIpc) is 2.93. The molecular weight excluding hydrogens is 278 g/mol. The van der Waals surface area contributed by atoms with Crippen LogP contribution in [0.1, 0.15) is 23.6 Å². The summed E-state index contributed by atoms with van der Waals surface area (Å²) in [6, 6.07) is 17.7. The Kier molecular flexibility index (Phi) is 4.62. The second-order valence-corrected chi connectivity index (χ2v) is 6.37. The number of halogens is 1. The van der Waals surface area contributed by atoms with Crippen molar-refractivity contribution in [1.29, 1.82) is 0 Å². The van der Waals surface area contributed by atoms with Crippen LogP contribution >= 0.6 is 11.6 Å². The summed E-state index contributed by atoms with van der Waals surface area (Å²) in [5.41, 5.74) is 4.42. The van der Waals surface area contributed by atoms with Crippen LogP contribution in [0.3, 0.4) is 0 Å². The zero-order valence-electron chi connectivity index (χ0n) is 12.5. The molecule has 0 saturated heterocycles. The fourth-order valence-electron chi connectivity index (χ4n) is 3.42. The van der Waals surface area contributed by atoms with Crippen LogP contribution in [0, 0.1) is 5.92 Å². The fraction of sp³-hybridized carbons (Fsp3) is 0.368. The number of likely N-dealkylation sites (N-methyl/N-ethyl adjacent to an activating group) is 1. The van der Waals surface area contributed by atoms with Gasteiger partial charge in [0, 0.05) is 11.1 Å². The summed E-state index contributed by atoms with van der Waals surface area (Å²) in [7, 11) is 0. The third-order valence-corrected chi connectivity index (χ3v) is 4.74. The lowest BCUT2D eigenvalue weighted by Gasteiger charge is -2.24. The quantitative estimate of drug-likeness (QED) is 0.869. The lowest BCUT2D eigenvalue weighted by Crippen LogP contribution is -2.38. The van der Waals surface area contributed by atoms with Crippen LogP contribution in [0.2, 0.25) is 5.02 Å². The molecule has 0 aliphatic heterocycles. The Hall–Kier alpha value is -1.31. The monoisotopic (exact) mass is 299 g/mol. The number of nitrogens with one attached hydrogen (secondary N) is 1. The summed E-state index contributed by atoms with van der Waals surface area (Å²) in [5.74, 6) is 0.693. The second-order valence-electron chi connectivity index (χ2n) is 5.93. The number of hydrogen-bond donors (Lipinski definition) is 1. The SMILES string of the molecule is CCNC(Cc1ccc(Cl)cc1)C1Cc2ccccc2C1. The van der Waals surface area contributed by atoms with E-state index in [1.54, 1.807) is 0 Å². The summed E-state index contributed by atoms with van der Waals surface area (Å²) in [5, 5.41) is 4.50. The predicted molar refractivity (Wildman–Crippen MR) is 90.0 cm³/mol. The molecular formula is C19H22ClN. The summed E-state index contributed by atoms with van der Waals surface area (Å²) in [6.45, 7) is 3.21. The van der Waals surface area contributed by atoms with E-state index in [9.17, 15) is 0 Å². The molecule has 1 atom stereocenters. The highest BCUT2D eigenvalue weighted by Crippen LogP contribution is 2.30. The molecule has 0 radical (unpaired) electrons.